The molecule has 0 heterocycles. The third kappa shape index (κ3) is 4.65. The maximum absolute atomic E-state index is 11.1. The molecule has 0 unspecified atom stereocenters. The molecule has 0 aliphatic carbocycles. The lowest BCUT2D eigenvalue weighted by Gasteiger charge is -2.26. The number of benzene rings is 4. The Morgan fingerprint density at radius 3 is 1.31 bits per heavy atom. The summed E-state index contributed by atoms with van der Waals surface area (Å²) < 4.78 is 5.12. The third-order valence-corrected chi connectivity index (χ3v) is 6.05. The fraction of sp³-hybridized carbons (Fsp3) is 0.167. The lowest BCUT2D eigenvalue weighted by Crippen LogP contribution is -2.18. The lowest BCUT2D eigenvalue weighted by molar-refractivity contribution is -0.131. The van der Waals surface area contributed by atoms with Gasteiger partial charge in [-0.2, -0.15) is 0 Å². The highest BCUT2D eigenvalue weighted by atomic mass is 16.5. The van der Waals surface area contributed by atoms with E-state index < -0.39 is 0 Å². The molecule has 0 saturated carbocycles. The highest BCUT2D eigenvalue weighted by Crippen LogP contribution is 2.34. The summed E-state index contributed by atoms with van der Waals surface area (Å²) >= 11 is 0. The number of aryl methyl sites for hydroxylation is 1. The van der Waals surface area contributed by atoms with E-state index in [9.17, 15) is 4.79 Å². The molecular formula is C30H28O2. The predicted octanol–water partition coefficient (Wildman–Crippen LogP) is 7.58. The molecule has 4 aromatic rings. The van der Waals surface area contributed by atoms with Crippen molar-refractivity contribution in [2.24, 2.45) is 0 Å². The molecule has 32 heavy (non-hydrogen) atoms. The van der Waals surface area contributed by atoms with Crippen molar-refractivity contribution in [3.05, 3.63) is 114 Å². The van der Waals surface area contributed by atoms with Gasteiger partial charge >= 0.3 is 5.97 Å². The van der Waals surface area contributed by atoms with E-state index in [0.29, 0.717) is 5.75 Å². The Kier molecular flexibility index (Phi) is 5.96. The van der Waals surface area contributed by atoms with Crippen LogP contribution in [0.25, 0.3) is 22.3 Å². The molecule has 0 spiro atoms. The summed E-state index contributed by atoms with van der Waals surface area (Å²) in [5.41, 5.74) is 8.41. The highest BCUT2D eigenvalue weighted by molar-refractivity contribution is 5.70. The second-order valence-corrected chi connectivity index (χ2v) is 8.76. The van der Waals surface area contributed by atoms with Crippen LogP contribution >= 0.6 is 0 Å². The van der Waals surface area contributed by atoms with Gasteiger partial charge < -0.3 is 4.74 Å². The Labute approximate surface area is 190 Å². The molecule has 160 valence electrons. The average molecular weight is 421 g/mol. The molecule has 0 fully saturated rings. The van der Waals surface area contributed by atoms with Gasteiger partial charge in [-0.1, -0.05) is 104 Å². The van der Waals surface area contributed by atoms with Crippen LogP contribution in [-0.4, -0.2) is 5.97 Å². The van der Waals surface area contributed by atoms with Gasteiger partial charge in [-0.3, -0.25) is 4.79 Å². The summed E-state index contributed by atoms with van der Waals surface area (Å²) in [7, 11) is 0. The fourth-order valence-corrected chi connectivity index (χ4v) is 3.95. The summed E-state index contributed by atoms with van der Waals surface area (Å²) in [4.78, 5) is 11.1. The van der Waals surface area contributed by atoms with Crippen LogP contribution in [0.2, 0.25) is 0 Å². The van der Waals surface area contributed by atoms with Gasteiger partial charge in [0, 0.05) is 12.3 Å². The second-order valence-electron chi connectivity index (χ2n) is 8.76. The van der Waals surface area contributed by atoms with Crippen molar-refractivity contribution in [3.63, 3.8) is 0 Å². The molecular weight excluding hydrogens is 392 g/mol. The van der Waals surface area contributed by atoms with Gasteiger partial charge in [-0.15, -0.1) is 0 Å². The number of carbonyl (C=O) groups excluding carboxylic acids is 1. The van der Waals surface area contributed by atoms with Crippen LogP contribution in [0.3, 0.4) is 0 Å². The van der Waals surface area contributed by atoms with E-state index in [-0.39, 0.29) is 11.4 Å². The van der Waals surface area contributed by atoms with Gasteiger partial charge in [0.1, 0.15) is 5.75 Å². The largest absolute Gasteiger partial charge is 0.427 e. The molecule has 0 aliphatic heterocycles. The van der Waals surface area contributed by atoms with Gasteiger partial charge in [-0.05, 0) is 52.4 Å². The SMILES string of the molecule is CC(=O)Oc1ccc(-c2ccc(C(C)(C)c3ccc(-c4ccc(C)cc4)cc3)cc2)cc1. The monoisotopic (exact) mass is 420 g/mol. The smallest absolute Gasteiger partial charge is 0.308 e. The topological polar surface area (TPSA) is 26.3 Å². The van der Waals surface area contributed by atoms with Gasteiger partial charge in [-0.25, -0.2) is 0 Å². The van der Waals surface area contributed by atoms with Crippen molar-refractivity contribution in [3.8, 4) is 28.0 Å². The Balaban J connectivity index is 1.53. The van der Waals surface area contributed by atoms with E-state index in [1.165, 1.54) is 34.7 Å². The molecule has 0 radical (unpaired) electrons. The first-order valence-electron chi connectivity index (χ1n) is 10.9. The molecule has 0 atom stereocenters. The summed E-state index contributed by atoms with van der Waals surface area (Å²) in [6.45, 7) is 8.04. The molecule has 0 saturated heterocycles. The first kappa shape index (κ1) is 21.6. The van der Waals surface area contributed by atoms with Crippen LogP contribution in [0.5, 0.6) is 5.75 Å². The first-order valence-corrected chi connectivity index (χ1v) is 10.9. The van der Waals surface area contributed by atoms with Crippen molar-refractivity contribution in [2.45, 2.75) is 33.1 Å². The summed E-state index contributed by atoms with van der Waals surface area (Å²) in [6, 6.07) is 33.8. The van der Waals surface area contributed by atoms with Crippen LogP contribution in [0.15, 0.2) is 97.1 Å². The Hall–Kier alpha value is -3.65. The van der Waals surface area contributed by atoms with Crippen molar-refractivity contribution in [1.29, 1.82) is 0 Å². The number of hydrogen-bond acceptors (Lipinski definition) is 2. The highest BCUT2D eigenvalue weighted by Gasteiger charge is 2.23. The van der Waals surface area contributed by atoms with E-state index >= 15 is 0 Å². The maximum Gasteiger partial charge on any atom is 0.308 e. The molecule has 4 aromatic carbocycles. The van der Waals surface area contributed by atoms with Gasteiger partial charge in [0.2, 0.25) is 0 Å². The zero-order chi connectivity index (χ0) is 22.7. The molecule has 0 bridgehead atoms. The number of esters is 1. The van der Waals surface area contributed by atoms with Gasteiger partial charge in [0.15, 0.2) is 0 Å². The van der Waals surface area contributed by atoms with E-state index in [2.05, 4.69) is 93.6 Å². The van der Waals surface area contributed by atoms with Gasteiger partial charge in [0.05, 0.1) is 0 Å². The van der Waals surface area contributed by atoms with Crippen molar-refractivity contribution < 1.29 is 9.53 Å². The molecule has 0 aromatic heterocycles. The van der Waals surface area contributed by atoms with E-state index in [1.807, 2.05) is 24.3 Å². The van der Waals surface area contributed by atoms with E-state index in [1.54, 1.807) is 0 Å². The average Bonchev–Trinajstić information content (AvgIpc) is 2.80. The Morgan fingerprint density at radius 1 is 0.594 bits per heavy atom. The van der Waals surface area contributed by atoms with Crippen LogP contribution in [0.1, 0.15) is 37.5 Å². The molecule has 0 N–H and O–H groups in total. The number of carbonyl (C=O) groups is 1. The van der Waals surface area contributed by atoms with Crippen LogP contribution < -0.4 is 4.74 Å². The first-order chi connectivity index (χ1) is 15.3. The molecule has 0 aliphatic rings. The number of hydrogen-bond donors (Lipinski definition) is 0. The second kappa shape index (κ2) is 8.84. The molecule has 2 nitrogen and oxygen atoms in total. The number of rotatable bonds is 5. The summed E-state index contributed by atoms with van der Waals surface area (Å²) in [5.74, 6) is 0.254. The van der Waals surface area contributed by atoms with Crippen molar-refractivity contribution in [2.75, 3.05) is 0 Å². The van der Waals surface area contributed by atoms with Crippen LogP contribution in [-0.2, 0) is 10.2 Å². The third-order valence-electron chi connectivity index (χ3n) is 6.05. The molecule has 4 rings (SSSR count). The van der Waals surface area contributed by atoms with Crippen LogP contribution in [0.4, 0.5) is 0 Å². The quantitative estimate of drug-likeness (QED) is 0.246. The zero-order valence-corrected chi connectivity index (χ0v) is 19.1. The lowest BCUT2D eigenvalue weighted by atomic mass is 9.77. The standard InChI is InChI=1S/C30H28O2/c1-21-5-7-23(8-6-21)24-9-15-27(16-10-24)30(3,4)28-17-11-25(12-18-28)26-13-19-29(20-14-26)32-22(2)31/h5-20H,1-4H3. The normalized spacial score (nSPS) is 11.2. The minimum Gasteiger partial charge on any atom is -0.427 e. The van der Waals surface area contributed by atoms with Gasteiger partial charge in [0.25, 0.3) is 0 Å². The summed E-state index contributed by atoms with van der Waals surface area (Å²) in [5, 5.41) is 0. The van der Waals surface area contributed by atoms with E-state index in [0.717, 1.165) is 11.1 Å². The van der Waals surface area contributed by atoms with Crippen molar-refractivity contribution >= 4 is 5.97 Å². The van der Waals surface area contributed by atoms with Crippen LogP contribution in [0, 0.1) is 6.92 Å². The minimum atomic E-state index is -0.309. The Morgan fingerprint density at radius 2 is 0.938 bits per heavy atom. The number of ether oxygens (including phenoxy) is 1. The fourth-order valence-electron chi connectivity index (χ4n) is 3.95. The Bertz CT molecular complexity index is 1200. The summed E-state index contributed by atoms with van der Waals surface area (Å²) in [6.07, 6.45) is 0. The van der Waals surface area contributed by atoms with Crippen molar-refractivity contribution in [1.82, 2.24) is 0 Å². The molecule has 0 amide bonds. The van der Waals surface area contributed by atoms with E-state index in [4.69, 9.17) is 4.74 Å². The predicted molar refractivity (Wildman–Crippen MR) is 132 cm³/mol. The minimum absolute atomic E-state index is 0.108. The molecule has 2 heteroatoms. The maximum atomic E-state index is 11.1. The zero-order valence-electron chi connectivity index (χ0n) is 19.1.